The number of likely N-dealkylation sites (N-methyl/N-ethyl adjacent to an activating group) is 1. The average molecular weight is 339 g/mol. The SMILES string of the molecule is C[C@H]1CCCN([C@]2(O)C(=O)N(C)c3ccc(Br)cc32)C1. The highest BCUT2D eigenvalue weighted by molar-refractivity contribution is 9.10. The third-order valence-corrected chi connectivity index (χ3v) is 4.91. The first-order valence-corrected chi connectivity index (χ1v) is 7.79. The van der Waals surface area contributed by atoms with Gasteiger partial charge in [0.05, 0.1) is 5.69 Å². The van der Waals surface area contributed by atoms with E-state index >= 15 is 0 Å². The van der Waals surface area contributed by atoms with Gasteiger partial charge in [0.15, 0.2) is 0 Å². The molecule has 108 valence electrons. The number of nitrogens with zero attached hydrogens (tertiary/aromatic N) is 2. The minimum Gasteiger partial charge on any atom is -0.364 e. The van der Waals surface area contributed by atoms with E-state index in [0.717, 1.165) is 36.1 Å². The van der Waals surface area contributed by atoms with E-state index in [1.165, 1.54) is 0 Å². The minimum atomic E-state index is -1.51. The molecule has 4 nitrogen and oxygen atoms in total. The van der Waals surface area contributed by atoms with Crippen LogP contribution >= 0.6 is 15.9 Å². The summed E-state index contributed by atoms with van der Waals surface area (Å²) in [6.07, 6.45) is 2.17. The minimum absolute atomic E-state index is 0.250. The Morgan fingerprint density at radius 1 is 1.45 bits per heavy atom. The highest BCUT2D eigenvalue weighted by atomic mass is 79.9. The summed E-state index contributed by atoms with van der Waals surface area (Å²) in [4.78, 5) is 16.1. The molecule has 0 radical (unpaired) electrons. The molecule has 0 unspecified atom stereocenters. The predicted octanol–water partition coefficient (Wildman–Crippen LogP) is 2.30. The Bertz CT molecular complexity index is 563. The molecule has 0 saturated carbocycles. The van der Waals surface area contributed by atoms with Crippen LogP contribution in [0, 0.1) is 5.92 Å². The molecular formula is C15H19BrN2O2. The highest BCUT2D eigenvalue weighted by Gasteiger charge is 2.53. The summed E-state index contributed by atoms with van der Waals surface area (Å²) < 4.78 is 0.878. The van der Waals surface area contributed by atoms with Crippen molar-refractivity contribution in [1.29, 1.82) is 0 Å². The van der Waals surface area contributed by atoms with E-state index in [-0.39, 0.29) is 5.91 Å². The fourth-order valence-electron chi connectivity index (χ4n) is 3.33. The van der Waals surface area contributed by atoms with Crippen LogP contribution < -0.4 is 4.90 Å². The van der Waals surface area contributed by atoms with Gasteiger partial charge in [0.2, 0.25) is 5.72 Å². The van der Waals surface area contributed by atoms with Gasteiger partial charge in [0.25, 0.3) is 5.91 Å². The number of hydrogen-bond acceptors (Lipinski definition) is 3. The van der Waals surface area contributed by atoms with Crippen molar-refractivity contribution in [3.63, 3.8) is 0 Å². The van der Waals surface area contributed by atoms with Crippen molar-refractivity contribution < 1.29 is 9.90 Å². The Labute approximate surface area is 127 Å². The molecule has 2 aliphatic heterocycles. The summed E-state index contributed by atoms with van der Waals surface area (Å²) in [6.45, 7) is 3.68. The lowest BCUT2D eigenvalue weighted by atomic mass is 9.94. The summed E-state index contributed by atoms with van der Waals surface area (Å²) in [5.41, 5.74) is -0.0323. The lowest BCUT2D eigenvalue weighted by Crippen LogP contribution is -2.55. The van der Waals surface area contributed by atoms with Crippen molar-refractivity contribution in [2.45, 2.75) is 25.5 Å². The molecule has 2 aliphatic rings. The second kappa shape index (κ2) is 4.83. The number of amides is 1. The summed E-state index contributed by atoms with van der Waals surface area (Å²) in [7, 11) is 1.72. The predicted molar refractivity (Wildman–Crippen MR) is 81.4 cm³/mol. The van der Waals surface area contributed by atoms with Gasteiger partial charge < -0.3 is 10.0 Å². The van der Waals surface area contributed by atoms with Gasteiger partial charge in [0.1, 0.15) is 0 Å². The zero-order chi connectivity index (χ0) is 14.5. The molecule has 1 saturated heterocycles. The third kappa shape index (κ3) is 1.91. The van der Waals surface area contributed by atoms with Crippen LogP contribution in [0.25, 0.3) is 0 Å². The van der Waals surface area contributed by atoms with Crippen LogP contribution in [0.15, 0.2) is 22.7 Å². The average Bonchev–Trinajstić information content (AvgIpc) is 2.62. The Kier molecular flexibility index (Phi) is 3.39. The van der Waals surface area contributed by atoms with Crippen molar-refractivity contribution in [3.8, 4) is 0 Å². The zero-order valence-electron chi connectivity index (χ0n) is 11.8. The molecule has 0 aliphatic carbocycles. The number of carbonyl (C=O) groups is 1. The van der Waals surface area contributed by atoms with Crippen LogP contribution in [0.2, 0.25) is 0 Å². The van der Waals surface area contributed by atoms with Crippen LogP contribution in [-0.2, 0) is 10.5 Å². The molecule has 3 rings (SSSR count). The first kappa shape index (κ1) is 14.0. The largest absolute Gasteiger partial charge is 0.364 e. The van der Waals surface area contributed by atoms with Gasteiger partial charge in [-0.15, -0.1) is 0 Å². The summed E-state index contributed by atoms with van der Waals surface area (Å²) in [5, 5.41) is 11.2. The number of hydrogen-bond donors (Lipinski definition) is 1. The fraction of sp³-hybridized carbons (Fsp3) is 0.533. The van der Waals surface area contributed by atoms with Crippen molar-refractivity contribution in [1.82, 2.24) is 4.90 Å². The quantitative estimate of drug-likeness (QED) is 0.854. The van der Waals surface area contributed by atoms with Gasteiger partial charge in [0, 0.05) is 30.2 Å². The number of fused-ring (bicyclic) bond motifs is 1. The zero-order valence-corrected chi connectivity index (χ0v) is 13.4. The number of aliphatic hydroxyl groups is 1. The second-order valence-corrected chi connectivity index (χ2v) is 6.81. The van der Waals surface area contributed by atoms with E-state index < -0.39 is 5.72 Å². The standard InChI is InChI=1S/C15H19BrN2O2/c1-10-4-3-7-18(9-10)15(20)12-8-11(16)5-6-13(12)17(2)14(15)19/h5-6,8,10,20H,3-4,7,9H2,1-2H3/t10-,15+/m0/s1. The number of anilines is 1. The second-order valence-electron chi connectivity index (χ2n) is 5.89. The lowest BCUT2D eigenvalue weighted by Gasteiger charge is -2.40. The Balaban J connectivity index is 2.08. The van der Waals surface area contributed by atoms with Crippen molar-refractivity contribution in [3.05, 3.63) is 28.2 Å². The molecule has 5 heteroatoms. The molecule has 1 fully saturated rings. The number of piperidine rings is 1. The van der Waals surface area contributed by atoms with Crippen LogP contribution in [0.3, 0.4) is 0 Å². The topological polar surface area (TPSA) is 43.8 Å². The lowest BCUT2D eigenvalue weighted by molar-refractivity contribution is -0.165. The molecule has 20 heavy (non-hydrogen) atoms. The van der Waals surface area contributed by atoms with Crippen molar-refractivity contribution in [2.75, 3.05) is 25.0 Å². The first-order valence-electron chi connectivity index (χ1n) is 7.00. The summed E-state index contributed by atoms with van der Waals surface area (Å²) in [5.74, 6) is 0.252. The van der Waals surface area contributed by atoms with Gasteiger partial charge in [-0.25, -0.2) is 0 Å². The van der Waals surface area contributed by atoms with Gasteiger partial charge in [-0.2, -0.15) is 0 Å². The molecule has 0 bridgehead atoms. The van der Waals surface area contributed by atoms with E-state index in [9.17, 15) is 9.90 Å². The Morgan fingerprint density at radius 3 is 2.90 bits per heavy atom. The van der Waals surface area contributed by atoms with E-state index in [2.05, 4.69) is 22.9 Å². The monoisotopic (exact) mass is 338 g/mol. The van der Waals surface area contributed by atoms with Gasteiger partial charge in [-0.05, 0) is 37.0 Å². The highest BCUT2D eigenvalue weighted by Crippen LogP contribution is 2.44. The maximum absolute atomic E-state index is 12.6. The van der Waals surface area contributed by atoms with Crippen LogP contribution in [0.5, 0.6) is 0 Å². The molecular weight excluding hydrogens is 320 g/mol. The Hall–Kier alpha value is -0.910. The van der Waals surface area contributed by atoms with Gasteiger partial charge in [-0.1, -0.05) is 22.9 Å². The molecule has 2 heterocycles. The van der Waals surface area contributed by atoms with Crippen molar-refractivity contribution in [2.24, 2.45) is 5.92 Å². The number of benzene rings is 1. The number of rotatable bonds is 1. The van der Waals surface area contributed by atoms with E-state index in [1.807, 2.05) is 23.1 Å². The molecule has 0 spiro atoms. The fourth-order valence-corrected chi connectivity index (χ4v) is 3.69. The normalized spacial score (nSPS) is 30.7. The molecule has 2 atom stereocenters. The summed E-state index contributed by atoms with van der Waals surface area (Å²) in [6, 6.07) is 5.63. The number of carbonyl (C=O) groups excluding carboxylic acids is 1. The molecule has 0 aromatic heterocycles. The van der Waals surface area contributed by atoms with Crippen LogP contribution in [0.4, 0.5) is 5.69 Å². The van der Waals surface area contributed by atoms with Gasteiger partial charge in [-0.3, -0.25) is 9.69 Å². The number of likely N-dealkylation sites (tertiary alicyclic amines) is 1. The van der Waals surface area contributed by atoms with E-state index in [4.69, 9.17) is 0 Å². The molecule has 1 amide bonds. The van der Waals surface area contributed by atoms with E-state index in [1.54, 1.807) is 11.9 Å². The first-order chi connectivity index (χ1) is 9.44. The summed E-state index contributed by atoms with van der Waals surface area (Å²) >= 11 is 3.43. The molecule has 1 aromatic carbocycles. The Morgan fingerprint density at radius 2 is 2.20 bits per heavy atom. The number of halogens is 1. The maximum atomic E-state index is 12.6. The molecule has 1 N–H and O–H groups in total. The van der Waals surface area contributed by atoms with Crippen LogP contribution in [0.1, 0.15) is 25.3 Å². The van der Waals surface area contributed by atoms with Gasteiger partial charge >= 0.3 is 0 Å². The third-order valence-electron chi connectivity index (χ3n) is 4.41. The molecule has 1 aromatic rings. The maximum Gasteiger partial charge on any atom is 0.279 e. The van der Waals surface area contributed by atoms with Crippen molar-refractivity contribution >= 4 is 27.5 Å². The van der Waals surface area contributed by atoms with Crippen LogP contribution in [-0.4, -0.2) is 36.1 Å². The smallest absolute Gasteiger partial charge is 0.279 e. The van der Waals surface area contributed by atoms with E-state index in [0.29, 0.717) is 11.5 Å².